The van der Waals surface area contributed by atoms with Crippen LogP contribution in [0, 0.1) is 0 Å². The van der Waals surface area contributed by atoms with Crippen molar-refractivity contribution in [2.45, 2.75) is 37.1 Å². The average Bonchev–Trinajstić information content (AvgIpc) is 2.82. The van der Waals surface area contributed by atoms with Gasteiger partial charge in [0.2, 0.25) is 5.60 Å². The lowest BCUT2D eigenvalue weighted by Crippen LogP contribution is -2.53. The third kappa shape index (κ3) is 6.33. The topological polar surface area (TPSA) is 191 Å². The van der Waals surface area contributed by atoms with Gasteiger partial charge in [-0.05, 0) is 54.0 Å². The number of aliphatic carboxylic acids is 1. The zero-order valence-electron chi connectivity index (χ0n) is 18.8. The molecule has 1 saturated carbocycles. The molecule has 0 unspecified atom stereocenters. The van der Waals surface area contributed by atoms with Crippen molar-refractivity contribution in [3.63, 3.8) is 0 Å². The van der Waals surface area contributed by atoms with E-state index in [2.05, 4.69) is 0 Å². The average molecular weight is 500 g/mol. The summed E-state index contributed by atoms with van der Waals surface area (Å²) >= 11 is 0. The molecule has 11 heteroatoms. The highest BCUT2D eigenvalue weighted by molar-refractivity contribution is 5.91. The Bertz CT molecular complexity index is 1220. The van der Waals surface area contributed by atoms with Crippen LogP contribution in [0.15, 0.2) is 48.6 Å². The van der Waals surface area contributed by atoms with Crippen molar-refractivity contribution in [3.8, 4) is 23.0 Å². The maximum Gasteiger partial charge on any atom is 0.348 e. The number of carboxylic acid groups (broad SMARTS) is 1. The van der Waals surface area contributed by atoms with Gasteiger partial charge in [-0.15, -0.1) is 0 Å². The Morgan fingerprint density at radius 1 is 0.833 bits per heavy atom. The van der Waals surface area contributed by atoms with Crippen molar-refractivity contribution in [1.29, 1.82) is 0 Å². The van der Waals surface area contributed by atoms with E-state index in [0.717, 1.165) is 12.2 Å². The Labute approximate surface area is 204 Å². The number of benzene rings is 2. The molecule has 36 heavy (non-hydrogen) atoms. The van der Waals surface area contributed by atoms with Gasteiger partial charge < -0.3 is 40.1 Å². The minimum Gasteiger partial charge on any atom is -0.504 e. The number of aliphatic hydroxyl groups is 1. The maximum atomic E-state index is 12.3. The second-order valence-corrected chi connectivity index (χ2v) is 8.17. The SMILES string of the molecule is O=C(/C=C/c1ccc(O)c(O)c1)O[C@@H]1CC[C@@](OC(=O)/C=C/c2ccc(O)c(O)c2)(C(=O)O)C[C@H]1O. The Morgan fingerprint density at radius 2 is 1.36 bits per heavy atom. The van der Waals surface area contributed by atoms with Gasteiger partial charge in [0.05, 0.1) is 6.10 Å². The van der Waals surface area contributed by atoms with E-state index in [0.29, 0.717) is 11.1 Å². The second kappa shape index (κ2) is 10.8. The standard InChI is InChI=1S/C25H24O11/c26-16-5-1-14(11-18(16)28)3-7-22(31)35-21-9-10-25(24(33)34,13-20(21)30)36-23(32)8-4-15-2-6-17(27)19(29)12-15/h1-8,11-12,20-21,26-30H,9-10,13H2,(H,33,34)/b7-3+,8-4+/t20-,21-,25+/m1/s1. The van der Waals surface area contributed by atoms with Crippen LogP contribution in [0.4, 0.5) is 0 Å². The highest BCUT2D eigenvalue weighted by Gasteiger charge is 2.50. The fourth-order valence-electron chi connectivity index (χ4n) is 3.64. The van der Waals surface area contributed by atoms with Crippen LogP contribution in [-0.2, 0) is 23.9 Å². The molecule has 1 fully saturated rings. The third-order valence-corrected chi connectivity index (χ3v) is 5.58. The number of phenolic OH excluding ortho intramolecular Hbond substituents is 4. The summed E-state index contributed by atoms with van der Waals surface area (Å²) in [6.07, 6.45) is 1.23. The van der Waals surface area contributed by atoms with Gasteiger partial charge in [0.25, 0.3) is 0 Å². The largest absolute Gasteiger partial charge is 0.504 e. The first-order valence-corrected chi connectivity index (χ1v) is 10.7. The number of aromatic hydroxyl groups is 4. The van der Waals surface area contributed by atoms with Gasteiger partial charge in [0.15, 0.2) is 23.0 Å². The predicted octanol–water partition coefficient (Wildman–Crippen LogP) is 2.06. The molecule has 0 heterocycles. The number of hydrogen-bond donors (Lipinski definition) is 6. The van der Waals surface area contributed by atoms with E-state index in [1.807, 2.05) is 0 Å². The van der Waals surface area contributed by atoms with Crippen LogP contribution in [-0.4, -0.2) is 66.4 Å². The van der Waals surface area contributed by atoms with E-state index in [4.69, 9.17) is 9.47 Å². The maximum absolute atomic E-state index is 12.3. The molecule has 0 spiro atoms. The molecular weight excluding hydrogens is 476 g/mol. The fourth-order valence-corrected chi connectivity index (χ4v) is 3.64. The van der Waals surface area contributed by atoms with Crippen molar-refractivity contribution < 1.29 is 54.5 Å². The molecular formula is C25H24O11. The van der Waals surface area contributed by atoms with Crippen molar-refractivity contribution in [3.05, 3.63) is 59.7 Å². The van der Waals surface area contributed by atoms with Gasteiger partial charge in [-0.3, -0.25) is 0 Å². The molecule has 2 aromatic rings. The van der Waals surface area contributed by atoms with E-state index < -0.39 is 47.9 Å². The van der Waals surface area contributed by atoms with Gasteiger partial charge in [-0.25, -0.2) is 14.4 Å². The Hall–Kier alpha value is -4.51. The highest BCUT2D eigenvalue weighted by Crippen LogP contribution is 2.34. The van der Waals surface area contributed by atoms with E-state index in [-0.39, 0.29) is 30.1 Å². The minimum atomic E-state index is -2.04. The molecule has 3 atom stereocenters. The highest BCUT2D eigenvalue weighted by atomic mass is 16.6. The molecule has 11 nitrogen and oxygen atoms in total. The van der Waals surface area contributed by atoms with Crippen LogP contribution >= 0.6 is 0 Å². The molecule has 2 aromatic carbocycles. The number of aliphatic hydroxyl groups excluding tert-OH is 1. The Morgan fingerprint density at radius 3 is 1.83 bits per heavy atom. The number of ether oxygens (including phenoxy) is 2. The molecule has 1 aliphatic rings. The van der Waals surface area contributed by atoms with Gasteiger partial charge >= 0.3 is 17.9 Å². The number of carbonyl (C=O) groups excluding carboxylic acids is 2. The molecule has 0 amide bonds. The fraction of sp³-hybridized carbons (Fsp3) is 0.240. The van der Waals surface area contributed by atoms with E-state index in [9.17, 15) is 45.0 Å². The molecule has 1 aliphatic carbocycles. The van der Waals surface area contributed by atoms with Crippen LogP contribution in [0.25, 0.3) is 12.2 Å². The third-order valence-electron chi connectivity index (χ3n) is 5.58. The first-order valence-electron chi connectivity index (χ1n) is 10.7. The van der Waals surface area contributed by atoms with Crippen molar-refractivity contribution in [1.82, 2.24) is 0 Å². The number of esters is 2. The molecule has 190 valence electrons. The first kappa shape index (κ1) is 26.1. The lowest BCUT2D eigenvalue weighted by Gasteiger charge is -2.38. The molecule has 3 rings (SSSR count). The quantitative estimate of drug-likeness (QED) is 0.185. The minimum absolute atomic E-state index is 0.101. The Balaban J connectivity index is 1.60. The number of hydrogen-bond acceptors (Lipinski definition) is 10. The summed E-state index contributed by atoms with van der Waals surface area (Å²) in [6.45, 7) is 0. The monoisotopic (exact) mass is 500 g/mol. The van der Waals surface area contributed by atoms with Gasteiger partial charge in [-0.1, -0.05) is 12.1 Å². The van der Waals surface area contributed by atoms with Gasteiger partial charge in [-0.2, -0.15) is 0 Å². The summed E-state index contributed by atoms with van der Waals surface area (Å²) in [6, 6.07) is 7.72. The number of rotatable bonds is 7. The zero-order chi connectivity index (χ0) is 26.5. The van der Waals surface area contributed by atoms with Crippen molar-refractivity contribution in [2.75, 3.05) is 0 Å². The predicted molar refractivity (Wildman–Crippen MR) is 124 cm³/mol. The summed E-state index contributed by atoms with van der Waals surface area (Å²) in [5.74, 6) is -4.75. The van der Waals surface area contributed by atoms with E-state index in [1.165, 1.54) is 48.6 Å². The lowest BCUT2D eigenvalue weighted by atomic mass is 9.81. The van der Waals surface area contributed by atoms with Crippen LogP contribution in [0.5, 0.6) is 23.0 Å². The van der Waals surface area contributed by atoms with Gasteiger partial charge in [0.1, 0.15) is 6.10 Å². The summed E-state index contributed by atoms with van der Waals surface area (Å²) in [5.41, 5.74) is -1.29. The molecule has 0 bridgehead atoms. The van der Waals surface area contributed by atoms with Crippen LogP contribution in [0.1, 0.15) is 30.4 Å². The summed E-state index contributed by atoms with van der Waals surface area (Å²) < 4.78 is 10.4. The molecule has 0 radical (unpaired) electrons. The van der Waals surface area contributed by atoms with Crippen LogP contribution < -0.4 is 0 Å². The summed E-state index contributed by atoms with van der Waals surface area (Å²) in [7, 11) is 0. The van der Waals surface area contributed by atoms with Crippen molar-refractivity contribution in [2.24, 2.45) is 0 Å². The van der Waals surface area contributed by atoms with Crippen LogP contribution in [0.3, 0.4) is 0 Å². The molecule has 0 saturated heterocycles. The second-order valence-electron chi connectivity index (χ2n) is 8.17. The number of phenols is 4. The van der Waals surface area contributed by atoms with E-state index in [1.54, 1.807) is 0 Å². The first-order chi connectivity index (χ1) is 17.0. The lowest BCUT2D eigenvalue weighted by molar-refractivity contribution is -0.192. The summed E-state index contributed by atoms with van der Waals surface area (Å²) in [4.78, 5) is 36.3. The molecule has 0 aliphatic heterocycles. The smallest absolute Gasteiger partial charge is 0.348 e. The van der Waals surface area contributed by atoms with Gasteiger partial charge in [0, 0.05) is 25.0 Å². The number of carboxylic acids is 1. The summed E-state index contributed by atoms with van der Waals surface area (Å²) in [5, 5.41) is 57.8. The molecule has 6 N–H and O–H groups in total. The van der Waals surface area contributed by atoms with Crippen molar-refractivity contribution >= 4 is 30.1 Å². The van der Waals surface area contributed by atoms with E-state index >= 15 is 0 Å². The molecule has 0 aromatic heterocycles. The number of carbonyl (C=O) groups is 3. The zero-order valence-corrected chi connectivity index (χ0v) is 18.8. The Kier molecular flexibility index (Phi) is 7.85. The normalized spacial score (nSPS) is 21.9. The van der Waals surface area contributed by atoms with Crippen LogP contribution in [0.2, 0.25) is 0 Å².